The smallest absolute Gasteiger partial charge is 0.0751 e. The van der Waals surface area contributed by atoms with Gasteiger partial charge in [0.2, 0.25) is 0 Å². The normalized spacial score (nSPS) is 16.7. The average Bonchev–Trinajstić information content (AvgIpc) is 2.46. The molecular weight excluding hydrogens is 260 g/mol. The Morgan fingerprint density at radius 2 is 2.14 bits per heavy atom. The van der Waals surface area contributed by atoms with E-state index >= 15 is 0 Å². The average molecular weight is 284 g/mol. The molecular formula is C18H24N2O. The lowest BCUT2D eigenvalue weighted by molar-refractivity contribution is 0.0813. The Kier molecular flexibility index (Phi) is 4.11. The molecule has 0 radical (unpaired) electrons. The van der Waals surface area contributed by atoms with Crippen molar-refractivity contribution in [1.29, 1.82) is 0 Å². The fourth-order valence-electron chi connectivity index (χ4n) is 3.27. The van der Waals surface area contributed by atoms with Crippen LogP contribution >= 0.6 is 0 Å². The van der Waals surface area contributed by atoms with Crippen molar-refractivity contribution < 1.29 is 4.74 Å². The molecule has 0 amide bonds. The summed E-state index contributed by atoms with van der Waals surface area (Å²) in [5, 5.41) is 4.89. The van der Waals surface area contributed by atoms with Gasteiger partial charge in [-0.25, -0.2) is 0 Å². The summed E-state index contributed by atoms with van der Waals surface area (Å²) in [7, 11) is 1.79. The number of nitrogens with zero attached hydrogens (tertiary/aromatic N) is 1. The molecule has 0 bridgehead atoms. The van der Waals surface area contributed by atoms with E-state index in [1.807, 2.05) is 6.20 Å². The first-order chi connectivity index (χ1) is 10.2. The molecule has 0 atom stereocenters. The second kappa shape index (κ2) is 6.02. The zero-order chi connectivity index (χ0) is 14.7. The van der Waals surface area contributed by atoms with Gasteiger partial charge < -0.3 is 10.1 Å². The molecule has 3 rings (SSSR count). The van der Waals surface area contributed by atoms with Crippen molar-refractivity contribution in [2.75, 3.05) is 25.6 Å². The van der Waals surface area contributed by atoms with Crippen molar-refractivity contribution in [2.24, 2.45) is 5.41 Å². The molecule has 0 aliphatic heterocycles. The van der Waals surface area contributed by atoms with Crippen molar-refractivity contribution in [3.8, 4) is 0 Å². The Morgan fingerprint density at radius 1 is 1.29 bits per heavy atom. The Hall–Kier alpha value is -1.61. The van der Waals surface area contributed by atoms with Gasteiger partial charge in [0, 0.05) is 37.5 Å². The highest BCUT2D eigenvalue weighted by molar-refractivity contribution is 5.92. The van der Waals surface area contributed by atoms with Gasteiger partial charge in [-0.3, -0.25) is 4.98 Å². The molecule has 0 unspecified atom stereocenters. The van der Waals surface area contributed by atoms with Crippen LogP contribution in [-0.2, 0) is 4.74 Å². The number of fused-ring (bicyclic) bond motifs is 1. The predicted molar refractivity (Wildman–Crippen MR) is 87.7 cm³/mol. The highest BCUT2D eigenvalue weighted by Crippen LogP contribution is 2.44. The number of ether oxygens (including phenoxy) is 1. The molecule has 1 saturated carbocycles. The number of benzene rings is 1. The van der Waals surface area contributed by atoms with E-state index in [-0.39, 0.29) is 0 Å². The van der Waals surface area contributed by atoms with E-state index in [9.17, 15) is 0 Å². The van der Waals surface area contributed by atoms with E-state index < -0.39 is 0 Å². The van der Waals surface area contributed by atoms with Gasteiger partial charge in [-0.05, 0) is 43.2 Å². The number of methoxy groups -OCH3 is 1. The van der Waals surface area contributed by atoms with Gasteiger partial charge in [0.15, 0.2) is 0 Å². The predicted octanol–water partition coefficient (Wildman–Crippen LogP) is 4.16. The third kappa shape index (κ3) is 2.88. The van der Waals surface area contributed by atoms with Crippen LogP contribution in [0.4, 0.5) is 5.69 Å². The Labute approximate surface area is 126 Å². The summed E-state index contributed by atoms with van der Waals surface area (Å²) >= 11 is 0. The van der Waals surface area contributed by atoms with Gasteiger partial charge >= 0.3 is 0 Å². The lowest BCUT2D eigenvalue weighted by Gasteiger charge is -2.42. The minimum atomic E-state index is 0.426. The molecule has 1 heterocycles. The summed E-state index contributed by atoms with van der Waals surface area (Å²) in [6, 6.07) is 8.46. The molecule has 1 aromatic heterocycles. The van der Waals surface area contributed by atoms with E-state index in [0.717, 1.165) is 25.1 Å². The zero-order valence-electron chi connectivity index (χ0n) is 13.0. The van der Waals surface area contributed by atoms with Crippen molar-refractivity contribution in [1.82, 2.24) is 4.98 Å². The standard InChI is InChI=1S/C18H24N2O/c1-14-5-3-6-15-16(7-11-19-17(14)15)20-13-18(8-4-9-18)10-12-21-2/h3,5-7,11H,4,8-10,12-13H2,1-2H3,(H,19,20). The van der Waals surface area contributed by atoms with Crippen molar-refractivity contribution in [2.45, 2.75) is 32.6 Å². The number of pyridine rings is 1. The third-order valence-corrected chi connectivity index (χ3v) is 4.88. The van der Waals surface area contributed by atoms with Crippen LogP contribution in [0.2, 0.25) is 0 Å². The number of aryl methyl sites for hydroxylation is 1. The maximum atomic E-state index is 5.27. The van der Waals surface area contributed by atoms with Crippen LogP contribution in [0.5, 0.6) is 0 Å². The van der Waals surface area contributed by atoms with E-state index in [1.54, 1.807) is 7.11 Å². The number of hydrogen-bond acceptors (Lipinski definition) is 3. The maximum Gasteiger partial charge on any atom is 0.0751 e. The van der Waals surface area contributed by atoms with Crippen molar-refractivity contribution >= 4 is 16.6 Å². The minimum absolute atomic E-state index is 0.426. The number of hydrogen-bond donors (Lipinski definition) is 1. The SMILES string of the molecule is COCCC1(CNc2ccnc3c(C)cccc23)CCC1. The summed E-state index contributed by atoms with van der Waals surface area (Å²) in [4.78, 5) is 4.51. The number of aromatic nitrogens is 1. The van der Waals surface area contributed by atoms with E-state index in [1.165, 1.54) is 35.9 Å². The molecule has 0 saturated heterocycles. The minimum Gasteiger partial charge on any atom is -0.385 e. The van der Waals surface area contributed by atoms with Crippen LogP contribution in [-0.4, -0.2) is 25.2 Å². The molecule has 3 nitrogen and oxygen atoms in total. The Bertz CT molecular complexity index is 620. The summed E-state index contributed by atoms with van der Waals surface area (Å²) in [6.45, 7) is 4.01. The van der Waals surface area contributed by atoms with E-state index in [4.69, 9.17) is 4.74 Å². The first kappa shape index (κ1) is 14.3. The molecule has 0 spiro atoms. The first-order valence-corrected chi connectivity index (χ1v) is 7.81. The number of anilines is 1. The molecule has 3 heteroatoms. The van der Waals surface area contributed by atoms with Crippen LogP contribution in [0.1, 0.15) is 31.2 Å². The molecule has 1 aliphatic rings. The summed E-state index contributed by atoms with van der Waals surface area (Å²) < 4.78 is 5.27. The Morgan fingerprint density at radius 3 is 2.86 bits per heavy atom. The molecule has 1 aromatic carbocycles. The molecule has 2 aromatic rings. The molecule has 112 valence electrons. The van der Waals surface area contributed by atoms with Crippen LogP contribution in [0, 0.1) is 12.3 Å². The summed E-state index contributed by atoms with van der Waals surface area (Å²) in [5.41, 5.74) is 3.96. The van der Waals surface area contributed by atoms with Crippen LogP contribution in [0.15, 0.2) is 30.5 Å². The zero-order valence-corrected chi connectivity index (χ0v) is 13.0. The highest BCUT2D eigenvalue weighted by atomic mass is 16.5. The molecule has 1 aliphatic carbocycles. The first-order valence-electron chi connectivity index (χ1n) is 7.81. The maximum absolute atomic E-state index is 5.27. The monoisotopic (exact) mass is 284 g/mol. The van der Waals surface area contributed by atoms with Gasteiger partial charge in [-0.2, -0.15) is 0 Å². The topological polar surface area (TPSA) is 34.1 Å². The Balaban J connectivity index is 1.77. The van der Waals surface area contributed by atoms with Gasteiger partial charge in [-0.15, -0.1) is 0 Å². The van der Waals surface area contributed by atoms with Crippen molar-refractivity contribution in [3.05, 3.63) is 36.0 Å². The quantitative estimate of drug-likeness (QED) is 0.864. The van der Waals surface area contributed by atoms with E-state index in [2.05, 4.69) is 41.5 Å². The summed E-state index contributed by atoms with van der Waals surface area (Å²) in [6.07, 6.45) is 7.03. The van der Waals surface area contributed by atoms with Crippen molar-refractivity contribution in [3.63, 3.8) is 0 Å². The third-order valence-electron chi connectivity index (χ3n) is 4.88. The number of para-hydroxylation sites is 1. The van der Waals surface area contributed by atoms with Crippen LogP contribution in [0.3, 0.4) is 0 Å². The van der Waals surface area contributed by atoms with Crippen LogP contribution < -0.4 is 5.32 Å². The van der Waals surface area contributed by atoms with Gasteiger partial charge in [0.1, 0.15) is 0 Å². The molecule has 1 fully saturated rings. The molecule has 1 N–H and O–H groups in total. The fraction of sp³-hybridized carbons (Fsp3) is 0.500. The second-order valence-electron chi connectivity index (χ2n) is 6.28. The highest BCUT2D eigenvalue weighted by Gasteiger charge is 2.36. The fourth-order valence-corrected chi connectivity index (χ4v) is 3.27. The number of nitrogens with one attached hydrogen (secondary N) is 1. The van der Waals surface area contributed by atoms with Gasteiger partial charge in [-0.1, -0.05) is 24.6 Å². The lowest BCUT2D eigenvalue weighted by Crippen LogP contribution is -2.37. The number of rotatable bonds is 6. The lowest BCUT2D eigenvalue weighted by atomic mass is 9.66. The summed E-state index contributed by atoms with van der Waals surface area (Å²) in [5.74, 6) is 0. The van der Waals surface area contributed by atoms with Crippen LogP contribution in [0.25, 0.3) is 10.9 Å². The van der Waals surface area contributed by atoms with Gasteiger partial charge in [0.05, 0.1) is 5.52 Å². The largest absolute Gasteiger partial charge is 0.385 e. The second-order valence-corrected chi connectivity index (χ2v) is 6.28. The molecule has 21 heavy (non-hydrogen) atoms. The van der Waals surface area contributed by atoms with Gasteiger partial charge in [0.25, 0.3) is 0 Å². The van der Waals surface area contributed by atoms with E-state index in [0.29, 0.717) is 5.41 Å².